The van der Waals surface area contributed by atoms with E-state index in [1.807, 2.05) is 37.8 Å². The first kappa shape index (κ1) is 19.3. The van der Waals surface area contributed by atoms with Gasteiger partial charge in [0.2, 0.25) is 5.82 Å². The van der Waals surface area contributed by atoms with Gasteiger partial charge in [-0.05, 0) is 33.3 Å². The van der Waals surface area contributed by atoms with E-state index in [1.165, 1.54) is 10.6 Å². The van der Waals surface area contributed by atoms with Gasteiger partial charge in [-0.15, -0.1) is 0 Å². The second-order valence-corrected chi connectivity index (χ2v) is 7.48. The van der Waals surface area contributed by atoms with Crippen LogP contribution in [0.1, 0.15) is 47.0 Å². The molecule has 1 amide bonds. The van der Waals surface area contributed by atoms with Gasteiger partial charge in [0.1, 0.15) is 5.82 Å². The van der Waals surface area contributed by atoms with Crippen LogP contribution in [0.2, 0.25) is 0 Å². The number of aromatic nitrogens is 4. The number of carbonyl (C=O) groups is 1. The van der Waals surface area contributed by atoms with Gasteiger partial charge < -0.3 is 15.1 Å². The highest BCUT2D eigenvalue weighted by Crippen LogP contribution is 2.25. The lowest BCUT2D eigenvalue weighted by atomic mass is 10.2. The van der Waals surface area contributed by atoms with Crippen molar-refractivity contribution < 1.29 is 4.79 Å². The summed E-state index contributed by atoms with van der Waals surface area (Å²) in [4.78, 5) is 25.1. The normalized spacial score (nSPS) is 18.0. The van der Waals surface area contributed by atoms with Gasteiger partial charge in [-0.1, -0.05) is 0 Å². The van der Waals surface area contributed by atoms with Gasteiger partial charge in [0.15, 0.2) is 0 Å². The summed E-state index contributed by atoms with van der Waals surface area (Å²) in [6.07, 6.45) is 2.85. The van der Waals surface area contributed by atoms with E-state index in [0.29, 0.717) is 6.04 Å². The predicted molar refractivity (Wildman–Crippen MR) is 105 cm³/mol. The molecule has 27 heavy (non-hydrogen) atoms. The summed E-state index contributed by atoms with van der Waals surface area (Å²) in [5, 5.41) is 7.94. The van der Waals surface area contributed by atoms with E-state index in [9.17, 15) is 4.79 Å². The topological polar surface area (TPSA) is 79.2 Å². The average molecular weight is 371 g/mol. The predicted octanol–water partition coefficient (Wildman–Crippen LogP) is 1.46. The monoisotopic (exact) mass is 371 g/mol. The van der Waals surface area contributed by atoms with Crippen molar-refractivity contribution in [2.45, 2.75) is 39.3 Å². The molecule has 8 nitrogen and oxygen atoms in total. The molecule has 1 aliphatic heterocycles. The van der Waals surface area contributed by atoms with Crippen LogP contribution in [-0.2, 0) is 7.05 Å². The molecular formula is C19H29N7O. The Labute approximate surface area is 160 Å². The number of nitrogens with one attached hydrogen (secondary N) is 1. The minimum absolute atomic E-state index is 0.168. The smallest absolute Gasteiger partial charge is 0.291 e. The minimum Gasteiger partial charge on any atom is -0.355 e. The third-order valence-electron chi connectivity index (χ3n) is 5.24. The molecule has 3 rings (SSSR count). The van der Waals surface area contributed by atoms with E-state index >= 15 is 0 Å². The van der Waals surface area contributed by atoms with Gasteiger partial charge in [-0.25, -0.2) is 9.97 Å². The highest BCUT2D eigenvalue weighted by molar-refractivity contribution is 5.90. The van der Waals surface area contributed by atoms with E-state index in [0.717, 1.165) is 36.6 Å². The largest absolute Gasteiger partial charge is 0.355 e. The summed E-state index contributed by atoms with van der Waals surface area (Å²) < 4.78 is 1.90. The second kappa shape index (κ2) is 7.64. The van der Waals surface area contributed by atoms with Gasteiger partial charge in [0, 0.05) is 63.8 Å². The first-order chi connectivity index (χ1) is 12.8. The molecule has 2 aromatic rings. The number of nitrogens with zero attached hydrogens (tertiary/aromatic N) is 6. The van der Waals surface area contributed by atoms with Crippen molar-refractivity contribution in [1.82, 2.24) is 30.0 Å². The zero-order valence-electron chi connectivity index (χ0n) is 17.0. The van der Waals surface area contributed by atoms with Gasteiger partial charge in [0.05, 0.1) is 5.69 Å². The molecule has 1 N–H and O–H groups in total. The molecule has 0 bridgehead atoms. The molecule has 1 fully saturated rings. The molecule has 1 aliphatic rings. The van der Waals surface area contributed by atoms with Crippen LogP contribution in [0.4, 0.5) is 5.82 Å². The number of anilines is 1. The van der Waals surface area contributed by atoms with E-state index < -0.39 is 0 Å². The Balaban J connectivity index is 1.75. The van der Waals surface area contributed by atoms with Gasteiger partial charge in [-0.2, -0.15) is 5.10 Å². The molecule has 0 spiro atoms. The van der Waals surface area contributed by atoms with Crippen molar-refractivity contribution in [3.05, 3.63) is 35.0 Å². The summed E-state index contributed by atoms with van der Waals surface area (Å²) in [5.41, 5.74) is 3.05. The molecule has 1 unspecified atom stereocenters. The molecular weight excluding hydrogens is 342 g/mol. The molecule has 1 saturated heterocycles. The van der Waals surface area contributed by atoms with Crippen molar-refractivity contribution in [3.63, 3.8) is 0 Å². The zero-order chi connectivity index (χ0) is 19.7. The Morgan fingerprint density at radius 1 is 1.33 bits per heavy atom. The molecule has 0 saturated carbocycles. The van der Waals surface area contributed by atoms with Crippen LogP contribution >= 0.6 is 0 Å². The summed E-state index contributed by atoms with van der Waals surface area (Å²) >= 11 is 0. The van der Waals surface area contributed by atoms with Crippen LogP contribution in [0.3, 0.4) is 0 Å². The number of amides is 1. The maximum Gasteiger partial charge on any atom is 0.291 e. The van der Waals surface area contributed by atoms with Crippen LogP contribution in [0, 0.1) is 13.8 Å². The van der Waals surface area contributed by atoms with Crippen molar-refractivity contribution in [3.8, 4) is 0 Å². The second-order valence-electron chi connectivity index (χ2n) is 7.48. The molecule has 0 radical (unpaired) electrons. The zero-order valence-corrected chi connectivity index (χ0v) is 17.0. The molecule has 146 valence electrons. The molecule has 8 heteroatoms. The third-order valence-corrected chi connectivity index (χ3v) is 5.24. The molecule has 3 heterocycles. The van der Waals surface area contributed by atoms with E-state index in [1.54, 1.807) is 14.1 Å². The van der Waals surface area contributed by atoms with Crippen LogP contribution < -0.4 is 10.2 Å². The summed E-state index contributed by atoms with van der Waals surface area (Å²) in [6, 6.07) is 2.63. The van der Waals surface area contributed by atoms with Crippen molar-refractivity contribution in [2.24, 2.45) is 7.05 Å². The Morgan fingerprint density at radius 2 is 2.07 bits per heavy atom. The summed E-state index contributed by atoms with van der Waals surface area (Å²) in [6.45, 7) is 7.88. The molecule has 2 aromatic heterocycles. The van der Waals surface area contributed by atoms with Crippen molar-refractivity contribution in [2.75, 3.05) is 32.1 Å². The molecule has 2 atom stereocenters. The Kier molecular flexibility index (Phi) is 5.46. The van der Waals surface area contributed by atoms with E-state index in [-0.39, 0.29) is 17.8 Å². The quantitative estimate of drug-likeness (QED) is 0.857. The van der Waals surface area contributed by atoms with Crippen LogP contribution in [0.25, 0.3) is 0 Å². The highest BCUT2D eigenvalue weighted by Gasteiger charge is 2.28. The van der Waals surface area contributed by atoms with Crippen molar-refractivity contribution >= 4 is 11.7 Å². The van der Waals surface area contributed by atoms with Gasteiger partial charge >= 0.3 is 0 Å². The molecule has 0 aliphatic carbocycles. The van der Waals surface area contributed by atoms with Crippen LogP contribution in [-0.4, -0.2) is 63.8 Å². The van der Waals surface area contributed by atoms with Gasteiger partial charge in [0.25, 0.3) is 5.91 Å². The maximum atomic E-state index is 12.3. The summed E-state index contributed by atoms with van der Waals surface area (Å²) in [7, 11) is 5.40. The maximum absolute atomic E-state index is 12.3. The average Bonchev–Trinajstić information content (AvgIpc) is 3.25. The van der Waals surface area contributed by atoms with E-state index in [4.69, 9.17) is 0 Å². The number of hydrogen-bond donors (Lipinski definition) is 1. The third kappa shape index (κ3) is 3.95. The van der Waals surface area contributed by atoms with Crippen LogP contribution in [0.15, 0.2) is 12.3 Å². The lowest BCUT2D eigenvalue weighted by Crippen LogP contribution is -2.35. The first-order valence-corrected chi connectivity index (χ1v) is 9.33. The van der Waals surface area contributed by atoms with Crippen LogP contribution in [0.5, 0.6) is 0 Å². The lowest BCUT2D eigenvalue weighted by molar-refractivity contribution is 0.0815. The standard InChI is InChI=1S/C19H29N7O/c1-12-13(2)22-17(19(27)24(4)5)23-18(12)26-10-8-15(11-26)21-14(3)16-7-9-20-25(16)6/h7,9,14-15,21H,8,10-11H2,1-6H3/t14?,15-/m1/s1. The number of hydrogen-bond acceptors (Lipinski definition) is 6. The number of carbonyl (C=O) groups excluding carboxylic acids is 1. The Morgan fingerprint density at radius 3 is 2.70 bits per heavy atom. The fourth-order valence-electron chi connectivity index (χ4n) is 3.55. The van der Waals surface area contributed by atoms with Crippen molar-refractivity contribution in [1.29, 1.82) is 0 Å². The highest BCUT2D eigenvalue weighted by atomic mass is 16.2. The Hall–Kier alpha value is -2.48. The minimum atomic E-state index is -0.168. The number of aryl methyl sites for hydroxylation is 2. The SMILES string of the molecule is Cc1nc(C(=O)N(C)C)nc(N2CC[C@@H](NC(C)c3ccnn3C)C2)c1C. The Bertz CT molecular complexity index is 829. The number of rotatable bonds is 5. The fraction of sp³-hybridized carbons (Fsp3) is 0.579. The van der Waals surface area contributed by atoms with E-state index in [2.05, 4.69) is 32.2 Å². The fourth-order valence-corrected chi connectivity index (χ4v) is 3.55. The first-order valence-electron chi connectivity index (χ1n) is 9.33. The molecule has 0 aromatic carbocycles. The van der Waals surface area contributed by atoms with Gasteiger partial charge in [-0.3, -0.25) is 9.48 Å². The summed E-state index contributed by atoms with van der Waals surface area (Å²) in [5.74, 6) is 0.959. The lowest BCUT2D eigenvalue weighted by Gasteiger charge is -2.23.